The smallest absolute Gasteiger partial charge is 0.228 e. The SMILES string of the molecule is CN1c2ccccc2C(C)(C)[C@]12C=Nc1c(c3ccc4c5c(c6ccccc6c4c3c3ccccc13)C=CC(c1ccc(F)cc1)(c1ccc(F)cc1)O5)O2. The Balaban J connectivity index is 1.22. The maximum absolute atomic E-state index is 14.4. The van der Waals surface area contributed by atoms with Crippen molar-refractivity contribution >= 4 is 66.8 Å². The molecule has 266 valence electrons. The number of nitrogens with zero attached hydrogens (tertiary/aromatic N) is 2. The molecule has 3 heterocycles. The molecule has 0 aromatic heterocycles. The highest BCUT2D eigenvalue weighted by Gasteiger charge is 2.58. The number of anilines is 1. The zero-order valence-corrected chi connectivity index (χ0v) is 30.4. The van der Waals surface area contributed by atoms with Crippen LogP contribution in [0.25, 0.3) is 49.2 Å². The Morgan fingerprint density at radius 1 is 0.564 bits per heavy atom. The summed E-state index contributed by atoms with van der Waals surface area (Å²) >= 11 is 0. The van der Waals surface area contributed by atoms with Gasteiger partial charge in [-0.1, -0.05) is 91.0 Å². The summed E-state index contributed by atoms with van der Waals surface area (Å²) in [5.41, 5.74) is 3.07. The minimum absolute atomic E-state index is 0.347. The number of halogens is 2. The highest BCUT2D eigenvalue weighted by atomic mass is 19.1. The lowest BCUT2D eigenvalue weighted by Gasteiger charge is -2.45. The van der Waals surface area contributed by atoms with E-state index in [9.17, 15) is 8.78 Å². The van der Waals surface area contributed by atoms with E-state index in [1.54, 1.807) is 24.3 Å². The zero-order chi connectivity index (χ0) is 37.3. The van der Waals surface area contributed by atoms with Crippen LogP contribution >= 0.6 is 0 Å². The molecule has 0 bridgehead atoms. The van der Waals surface area contributed by atoms with Gasteiger partial charge in [0.1, 0.15) is 23.1 Å². The number of rotatable bonds is 2. The fourth-order valence-corrected chi connectivity index (χ4v) is 9.54. The van der Waals surface area contributed by atoms with Gasteiger partial charge in [0, 0.05) is 56.4 Å². The molecule has 0 amide bonds. The van der Waals surface area contributed by atoms with Crippen LogP contribution in [-0.2, 0) is 11.0 Å². The molecule has 0 unspecified atom stereocenters. The molecule has 0 saturated carbocycles. The third-order valence-electron chi connectivity index (χ3n) is 12.3. The molecule has 8 aromatic rings. The molecule has 8 aromatic carbocycles. The first-order chi connectivity index (χ1) is 26.7. The van der Waals surface area contributed by atoms with E-state index in [1.807, 2.05) is 18.4 Å². The Bertz CT molecular complexity index is 2960. The fraction of sp³-hybridized carbons (Fsp3) is 0.122. The van der Waals surface area contributed by atoms with Crippen molar-refractivity contribution in [2.45, 2.75) is 30.6 Å². The van der Waals surface area contributed by atoms with Crippen molar-refractivity contribution in [2.75, 3.05) is 11.9 Å². The molecule has 0 N–H and O–H groups in total. The average molecular weight is 721 g/mol. The third kappa shape index (κ3) is 4.11. The van der Waals surface area contributed by atoms with E-state index in [1.165, 1.54) is 29.8 Å². The Morgan fingerprint density at radius 3 is 1.75 bits per heavy atom. The number of hydrogen-bond acceptors (Lipinski definition) is 4. The first-order valence-electron chi connectivity index (χ1n) is 18.6. The van der Waals surface area contributed by atoms with E-state index in [-0.39, 0.29) is 11.6 Å². The van der Waals surface area contributed by atoms with Crippen molar-refractivity contribution < 1.29 is 18.3 Å². The van der Waals surface area contributed by atoms with Crippen LogP contribution in [0.1, 0.15) is 36.1 Å². The number of likely N-dealkylation sites (N-methyl/N-ethyl adjacent to an activating group) is 1. The summed E-state index contributed by atoms with van der Waals surface area (Å²) in [5.74, 6) is 0.734. The summed E-state index contributed by atoms with van der Waals surface area (Å²) < 4.78 is 43.5. The van der Waals surface area contributed by atoms with Crippen LogP contribution in [-0.4, -0.2) is 19.0 Å². The molecular weight excluding hydrogens is 687 g/mol. The summed E-state index contributed by atoms with van der Waals surface area (Å²) in [5, 5.41) is 8.11. The lowest BCUT2D eigenvalue weighted by Crippen LogP contribution is -2.61. The lowest BCUT2D eigenvalue weighted by atomic mass is 9.77. The Kier molecular flexibility index (Phi) is 6.40. The summed E-state index contributed by atoms with van der Waals surface area (Å²) in [4.78, 5) is 7.48. The maximum atomic E-state index is 14.4. The fourth-order valence-electron chi connectivity index (χ4n) is 9.54. The summed E-state index contributed by atoms with van der Waals surface area (Å²) in [6, 6.07) is 42.3. The monoisotopic (exact) mass is 720 g/mol. The molecule has 1 atom stereocenters. The number of para-hydroxylation sites is 1. The molecule has 55 heavy (non-hydrogen) atoms. The van der Waals surface area contributed by atoms with Gasteiger partial charge < -0.3 is 14.4 Å². The van der Waals surface area contributed by atoms with Crippen molar-refractivity contribution in [1.82, 2.24) is 0 Å². The second-order valence-corrected chi connectivity index (χ2v) is 15.4. The minimum Gasteiger partial charge on any atom is -0.472 e. The Labute approximate surface area is 316 Å². The van der Waals surface area contributed by atoms with Crippen LogP contribution in [0.3, 0.4) is 0 Å². The van der Waals surface area contributed by atoms with E-state index in [0.29, 0.717) is 5.75 Å². The third-order valence-corrected chi connectivity index (χ3v) is 12.3. The van der Waals surface area contributed by atoms with Gasteiger partial charge in [0.2, 0.25) is 5.72 Å². The van der Waals surface area contributed by atoms with Gasteiger partial charge in [0.15, 0.2) is 11.4 Å². The second-order valence-electron chi connectivity index (χ2n) is 15.4. The molecule has 3 aliphatic rings. The van der Waals surface area contributed by atoms with Gasteiger partial charge in [-0.05, 0) is 90.2 Å². The quantitative estimate of drug-likeness (QED) is 0.167. The lowest BCUT2D eigenvalue weighted by molar-refractivity contribution is 0.0844. The Hall–Kier alpha value is -6.53. The van der Waals surface area contributed by atoms with Crippen LogP contribution in [0.4, 0.5) is 20.2 Å². The van der Waals surface area contributed by atoms with Crippen molar-refractivity contribution in [3.63, 3.8) is 0 Å². The van der Waals surface area contributed by atoms with Gasteiger partial charge in [0.25, 0.3) is 0 Å². The van der Waals surface area contributed by atoms with Crippen LogP contribution < -0.4 is 14.4 Å². The van der Waals surface area contributed by atoms with Crippen molar-refractivity contribution in [1.29, 1.82) is 0 Å². The van der Waals surface area contributed by atoms with E-state index in [4.69, 9.17) is 14.5 Å². The minimum atomic E-state index is -1.16. The standard InChI is InChI=1S/C49H34F2N2O2/c1-47(2)40-14-8-9-15-41(40)53(3)49(47)28-52-44-36-13-7-6-12-35(36)43-39(46(44)55-49)25-24-38-42(43)34-11-5-4-10-33(34)37-26-27-48(54-45(37)38,29-16-20-31(50)21-17-29)30-18-22-32(51)23-19-30/h4-28H,1-3H3/t49-/m1/s1. The molecule has 0 saturated heterocycles. The molecule has 1 spiro atoms. The van der Waals surface area contributed by atoms with E-state index < -0.39 is 16.7 Å². The van der Waals surface area contributed by atoms with Gasteiger partial charge >= 0.3 is 0 Å². The first kappa shape index (κ1) is 31.9. The normalized spacial score (nSPS) is 18.7. The largest absolute Gasteiger partial charge is 0.472 e. The number of benzene rings is 8. The van der Waals surface area contributed by atoms with E-state index in [0.717, 1.165) is 76.9 Å². The van der Waals surface area contributed by atoms with Gasteiger partial charge in [-0.15, -0.1) is 0 Å². The molecule has 0 radical (unpaired) electrons. The van der Waals surface area contributed by atoms with Gasteiger partial charge in [0.05, 0.1) is 11.6 Å². The summed E-state index contributed by atoms with van der Waals surface area (Å²) in [7, 11) is 2.09. The van der Waals surface area contributed by atoms with Crippen molar-refractivity contribution in [2.24, 2.45) is 4.99 Å². The number of fused-ring (bicyclic) bond motifs is 14. The molecular formula is C49H34F2N2O2. The van der Waals surface area contributed by atoms with Crippen LogP contribution in [0, 0.1) is 11.6 Å². The summed E-state index contributed by atoms with van der Waals surface area (Å²) in [6.07, 6.45) is 6.09. The van der Waals surface area contributed by atoms with Gasteiger partial charge in [-0.3, -0.25) is 4.99 Å². The number of aliphatic imine (C=N–C) groups is 1. The maximum Gasteiger partial charge on any atom is 0.228 e. The molecule has 0 aliphatic carbocycles. The van der Waals surface area contributed by atoms with Gasteiger partial charge in [-0.25, -0.2) is 8.78 Å². The summed E-state index contributed by atoms with van der Waals surface area (Å²) in [6.45, 7) is 4.45. The zero-order valence-electron chi connectivity index (χ0n) is 30.4. The van der Waals surface area contributed by atoms with Crippen LogP contribution in [0.5, 0.6) is 11.5 Å². The highest BCUT2D eigenvalue weighted by molar-refractivity contribution is 6.32. The highest BCUT2D eigenvalue weighted by Crippen LogP contribution is 2.58. The predicted molar refractivity (Wildman–Crippen MR) is 219 cm³/mol. The Morgan fingerprint density at radius 2 is 1.11 bits per heavy atom. The first-order valence-corrected chi connectivity index (χ1v) is 18.6. The number of ether oxygens (including phenoxy) is 2. The van der Waals surface area contributed by atoms with Crippen LogP contribution in [0.2, 0.25) is 0 Å². The number of hydrogen-bond donors (Lipinski definition) is 0. The average Bonchev–Trinajstić information content (AvgIpc) is 3.38. The second kappa shape index (κ2) is 11.0. The van der Waals surface area contributed by atoms with E-state index in [2.05, 4.69) is 111 Å². The van der Waals surface area contributed by atoms with Crippen molar-refractivity contribution in [3.8, 4) is 11.5 Å². The molecule has 11 rings (SSSR count). The van der Waals surface area contributed by atoms with Gasteiger partial charge in [-0.2, -0.15) is 0 Å². The molecule has 6 heteroatoms. The molecule has 0 fully saturated rings. The van der Waals surface area contributed by atoms with Crippen molar-refractivity contribution in [3.05, 3.63) is 173 Å². The molecule has 3 aliphatic heterocycles. The predicted octanol–water partition coefficient (Wildman–Crippen LogP) is 12.1. The molecule has 4 nitrogen and oxygen atoms in total. The van der Waals surface area contributed by atoms with Crippen LogP contribution in [0.15, 0.2) is 145 Å². The van der Waals surface area contributed by atoms with E-state index >= 15 is 0 Å². The topological polar surface area (TPSA) is 34.1 Å².